The highest BCUT2D eigenvalue weighted by atomic mass is 35.5. The molecule has 6 rings (SSSR count). The summed E-state index contributed by atoms with van der Waals surface area (Å²) in [5.74, 6) is 0.245. The number of amides is 1. The van der Waals surface area contributed by atoms with E-state index in [1.165, 1.54) is 17.7 Å². The average molecular weight is 641 g/mol. The fraction of sp³-hybridized carbons (Fsp3) is 0.424. The van der Waals surface area contributed by atoms with E-state index in [-0.39, 0.29) is 33.5 Å². The zero-order valence-corrected chi connectivity index (χ0v) is 26.6. The van der Waals surface area contributed by atoms with E-state index in [0.29, 0.717) is 50.9 Å². The van der Waals surface area contributed by atoms with Crippen molar-refractivity contribution < 1.29 is 22.3 Å². The van der Waals surface area contributed by atoms with E-state index in [1.807, 2.05) is 18.2 Å². The molecule has 0 N–H and O–H groups in total. The Labute approximate surface area is 264 Å². The summed E-state index contributed by atoms with van der Waals surface area (Å²) >= 11 is 6.20. The minimum absolute atomic E-state index is 0.0149. The third-order valence-corrected chi connectivity index (χ3v) is 11.4. The van der Waals surface area contributed by atoms with Gasteiger partial charge in [0.1, 0.15) is 11.6 Å². The number of ether oxygens (including phenoxy) is 1. The molecule has 11 heteroatoms. The van der Waals surface area contributed by atoms with Gasteiger partial charge in [-0.1, -0.05) is 48.9 Å². The van der Waals surface area contributed by atoms with Crippen LogP contribution in [0.3, 0.4) is 0 Å². The number of fused-ring (bicyclic) bond motifs is 2. The summed E-state index contributed by atoms with van der Waals surface area (Å²) in [6.45, 7) is 6.22. The van der Waals surface area contributed by atoms with E-state index in [4.69, 9.17) is 16.3 Å². The number of halogens is 2. The molecule has 3 aromatic carbocycles. The molecule has 234 valence electrons. The van der Waals surface area contributed by atoms with Crippen molar-refractivity contribution in [2.45, 2.75) is 42.7 Å². The lowest BCUT2D eigenvalue weighted by atomic mass is 10.0. The van der Waals surface area contributed by atoms with Crippen molar-refractivity contribution in [3.05, 3.63) is 88.7 Å². The second-order valence-corrected chi connectivity index (χ2v) is 14.3. The van der Waals surface area contributed by atoms with Crippen LogP contribution in [-0.4, -0.2) is 93.4 Å². The van der Waals surface area contributed by atoms with Crippen LogP contribution in [-0.2, 0) is 10.0 Å². The van der Waals surface area contributed by atoms with Crippen LogP contribution in [0.4, 0.5) is 10.1 Å². The monoisotopic (exact) mass is 640 g/mol. The predicted octanol–water partition coefficient (Wildman–Crippen LogP) is 5.09. The molecule has 0 spiro atoms. The molecule has 0 radical (unpaired) electrons. The zero-order valence-electron chi connectivity index (χ0n) is 25.0. The third kappa shape index (κ3) is 6.05. The Morgan fingerprint density at radius 3 is 2.30 bits per heavy atom. The number of piperazine rings is 2. The lowest BCUT2D eigenvalue weighted by Crippen LogP contribution is -2.55. The Morgan fingerprint density at radius 2 is 1.66 bits per heavy atom. The van der Waals surface area contributed by atoms with Crippen LogP contribution in [0.5, 0.6) is 5.75 Å². The largest absolute Gasteiger partial charge is 0.495 e. The highest BCUT2D eigenvalue weighted by Crippen LogP contribution is 2.41. The molecule has 0 aliphatic carbocycles. The van der Waals surface area contributed by atoms with Crippen LogP contribution >= 0.6 is 11.6 Å². The summed E-state index contributed by atoms with van der Waals surface area (Å²) in [4.78, 5) is 19.9. The van der Waals surface area contributed by atoms with Crippen molar-refractivity contribution in [3.8, 4) is 5.75 Å². The third-order valence-electron chi connectivity index (χ3n) is 9.23. The number of carbonyl (C=O) groups excluding carboxylic acids is 1. The summed E-state index contributed by atoms with van der Waals surface area (Å²) < 4.78 is 48.6. The highest BCUT2D eigenvalue weighted by Gasteiger charge is 2.43. The van der Waals surface area contributed by atoms with Crippen molar-refractivity contribution in [3.63, 3.8) is 0 Å². The number of carbonyl (C=O) groups is 1. The smallest absolute Gasteiger partial charge is 0.255 e. The predicted molar refractivity (Wildman–Crippen MR) is 170 cm³/mol. The molecule has 0 aromatic heterocycles. The maximum Gasteiger partial charge on any atom is 0.255 e. The first kappa shape index (κ1) is 30.8. The second kappa shape index (κ2) is 12.7. The number of methoxy groups -OCH3 is 1. The van der Waals surface area contributed by atoms with Gasteiger partial charge >= 0.3 is 0 Å². The molecule has 3 heterocycles. The minimum atomic E-state index is -3.72. The number of anilines is 1. The fourth-order valence-corrected chi connectivity index (χ4v) is 8.59. The molecule has 3 aliphatic heterocycles. The summed E-state index contributed by atoms with van der Waals surface area (Å²) in [5.41, 5.74) is 2.29. The Morgan fingerprint density at radius 1 is 0.977 bits per heavy atom. The van der Waals surface area contributed by atoms with Gasteiger partial charge < -0.3 is 19.4 Å². The van der Waals surface area contributed by atoms with E-state index in [9.17, 15) is 17.6 Å². The van der Waals surface area contributed by atoms with Gasteiger partial charge in [-0.2, -0.15) is 4.31 Å². The van der Waals surface area contributed by atoms with Gasteiger partial charge in [0, 0.05) is 57.9 Å². The lowest BCUT2D eigenvalue weighted by Gasteiger charge is -2.43. The van der Waals surface area contributed by atoms with Gasteiger partial charge in [0.2, 0.25) is 10.0 Å². The van der Waals surface area contributed by atoms with Gasteiger partial charge in [0.15, 0.2) is 0 Å². The van der Waals surface area contributed by atoms with Crippen molar-refractivity contribution in [2.75, 3.05) is 57.8 Å². The Bertz CT molecular complexity index is 1600. The maximum atomic E-state index is 13.9. The molecule has 3 aliphatic rings. The molecular weight excluding hydrogens is 603 g/mol. The van der Waals surface area contributed by atoms with Crippen LogP contribution in [0.25, 0.3) is 0 Å². The molecule has 44 heavy (non-hydrogen) atoms. The number of rotatable bonds is 8. The van der Waals surface area contributed by atoms with Crippen molar-refractivity contribution in [2.24, 2.45) is 0 Å². The lowest BCUT2D eigenvalue weighted by molar-refractivity contribution is 0.0718. The molecule has 3 aromatic rings. The first-order valence-corrected chi connectivity index (χ1v) is 17.0. The normalized spacial score (nSPS) is 21.8. The number of hydrogen-bond acceptors (Lipinski definition) is 6. The van der Waals surface area contributed by atoms with E-state index in [1.54, 1.807) is 34.5 Å². The Hall–Kier alpha value is -3.18. The molecular formula is C33H38ClFN4O4S. The van der Waals surface area contributed by atoms with Crippen molar-refractivity contribution in [1.82, 2.24) is 14.1 Å². The van der Waals surface area contributed by atoms with E-state index in [0.717, 1.165) is 31.1 Å². The number of hydrogen-bond donors (Lipinski definition) is 0. The molecule has 3 fully saturated rings. The number of nitrogens with zero attached hydrogens (tertiary/aromatic N) is 4. The quantitative estimate of drug-likeness (QED) is 0.342. The average Bonchev–Trinajstić information content (AvgIpc) is 3.29. The molecule has 1 amide bonds. The van der Waals surface area contributed by atoms with E-state index >= 15 is 0 Å². The van der Waals surface area contributed by atoms with Crippen LogP contribution in [0, 0.1) is 5.82 Å². The van der Waals surface area contributed by atoms with E-state index < -0.39 is 15.8 Å². The minimum Gasteiger partial charge on any atom is -0.495 e. The first-order valence-electron chi connectivity index (χ1n) is 15.1. The summed E-state index contributed by atoms with van der Waals surface area (Å²) in [6, 6.07) is 19.3. The second-order valence-electron chi connectivity index (χ2n) is 12.0. The summed E-state index contributed by atoms with van der Waals surface area (Å²) in [6.07, 6.45) is 1.71. The number of benzene rings is 3. The molecule has 2 bridgehead atoms. The van der Waals surface area contributed by atoms with Gasteiger partial charge in [0.05, 0.1) is 28.3 Å². The molecule has 3 atom stereocenters. The molecule has 8 nitrogen and oxygen atoms in total. The SMILES string of the molecule is COc1ccc(S(=O)(=O)N2CCN(C[C@H](C)c3ccccc3)CC2)cc1N1[C@@H]2CC[C@H]1CN(C(=O)c1ccc(F)cc1Cl)C2. The van der Waals surface area contributed by atoms with Crippen LogP contribution in [0.1, 0.15) is 41.6 Å². The van der Waals surface area contributed by atoms with E-state index in [2.05, 4.69) is 28.9 Å². The Balaban J connectivity index is 1.16. The van der Waals surface area contributed by atoms with Crippen molar-refractivity contribution in [1.29, 1.82) is 0 Å². The first-order chi connectivity index (χ1) is 21.2. The topological polar surface area (TPSA) is 73.4 Å². The molecule has 0 saturated carbocycles. The highest BCUT2D eigenvalue weighted by molar-refractivity contribution is 7.89. The summed E-state index contributed by atoms with van der Waals surface area (Å²) in [7, 11) is -2.14. The van der Waals surface area contributed by atoms with Crippen LogP contribution in [0.2, 0.25) is 5.02 Å². The number of likely N-dealkylation sites (tertiary alicyclic amines) is 1. The van der Waals surface area contributed by atoms with Crippen LogP contribution < -0.4 is 9.64 Å². The summed E-state index contributed by atoms with van der Waals surface area (Å²) in [5, 5.41) is 0.0934. The van der Waals surface area contributed by atoms with Crippen molar-refractivity contribution >= 4 is 33.2 Å². The van der Waals surface area contributed by atoms with Gasteiger partial charge in [-0.3, -0.25) is 4.79 Å². The fourth-order valence-electron chi connectivity index (χ4n) is 6.90. The number of sulfonamides is 1. The molecule has 0 unspecified atom stereocenters. The van der Waals surface area contributed by atoms with Crippen LogP contribution in [0.15, 0.2) is 71.6 Å². The molecule has 3 saturated heterocycles. The maximum absolute atomic E-state index is 13.9. The zero-order chi connectivity index (χ0) is 31.0. The Kier molecular flexibility index (Phi) is 8.88. The van der Waals surface area contributed by atoms with Gasteiger partial charge in [-0.25, -0.2) is 12.8 Å². The van der Waals surface area contributed by atoms with Gasteiger partial charge in [0.25, 0.3) is 5.91 Å². The van der Waals surface area contributed by atoms with Gasteiger partial charge in [-0.15, -0.1) is 0 Å². The van der Waals surface area contributed by atoms with Gasteiger partial charge in [-0.05, 0) is 60.7 Å². The standard InChI is InChI=1S/C33H38ClFN4O4S/c1-23(24-6-4-3-5-7-24)20-36-14-16-38(17-15-36)44(41,42)28-11-13-32(43-2)31(19-28)39-26-9-10-27(39)22-37(21-26)33(40)29-12-8-25(35)18-30(29)34/h3-8,11-13,18-19,23,26-27H,9-10,14-17,20-22H2,1-2H3/t23-,26-,27+/m0/s1.